The number of hydrogen-bond acceptors (Lipinski definition) is 5. The van der Waals surface area contributed by atoms with Crippen molar-refractivity contribution in [2.75, 3.05) is 13.6 Å². The second-order valence-electron chi connectivity index (χ2n) is 7.67. The van der Waals surface area contributed by atoms with E-state index < -0.39 is 30.1 Å². The number of carboxylic acid groups (broad SMARTS) is 1. The zero-order valence-corrected chi connectivity index (χ0v) is 18.2. The second-order valence-corrected chi connectivity index (χ2v) is 7.67. The summed E-state index contributed by atoms with van der Waals surface area (Å²) in [7, 11) is 1.36. The number of hydrogen-bond donors (Lipinski definition) is 3. The molecule has 0 aromatic heterocycles. The Balaban J connectivity index is 1.57. The largest absolute Gasteiger partial charge is 0.480 e. The van der Waals surface area contributed by atoms with E-state index in [0.29, 0.717) is 0 Å². The number of rotatable bonds is 9. The van der Waals surface area contributed by atoms with Gasteiger partial charge in [-0.25, -0.2) is 14.4 Å². The van der Waals surface area contributed by atoms with Gasteiger partial charge in [-0.2, -0.15) is 0 Å². The number of aliphatic carboxylic acids is 1. The Morgan fingerprint density at radius 1 is 0.970 bits per heavy atom. The van der Waals surface area contributed by atoms with Crippen LogP contribution < -0.4 is 5.32 Å². The molecule has 0 fully saturated rings. The van der Waals surface area contributed by atoms with Crippen LogP contribution in [0.5, 0.6) is 0 Å². The molecule has 172 valence electrons. The molecule has 2 amide bonds. The summed E-state index contributed by atoms with van der Waals surface area (Å²) in [5.41, 5.74) is 1.55. The van der Waals surface area contributed by atoms with Crippen LogP contribution in [0.3, 0.4) is 0 Å². The lowest BCUT2D eigenvalue weighted by molar-refractivity contribution is -0.155. The molecule has 8 heteroatoms. The fraction of sp³-hybridized carbons (Fsp3) is 0.240. The van der Waals surface area contributed by atoms with Crippen LogP contribution in [0.25, 0.3) is 10.8 Å². The molecular formula is C25H26N2O6. The topological polar surface area (TPSA) is 116 Å². The average molecular weight is 450 g/mol. The van der Waals surface area contributed by atoms with Gasteiger partial charge in [0.25, 0.3) is 0 Å². The van der Waals surface area contributed by atoms with Gasteiger partial charge in [0.1, 0.15) is 12.6 Å². The molecule has 0 heterocycles. The fourth-order valence-electron chi connectivity index (χ4n) is 3.39. The van der Waals surface area contributed by atoms with E-state index in [-0.39, 0.29) is 19.6 Å². The summed E-state index contributed by atoms with van der Waals surface area (Å²) in [6, 6.07) is 20.3. The number of urea groups is 1. The Labute approximate surface area is 191 Å². The van der Waals surface area contributed by atoms with Crippen LogP contribution in [0.1, 0.15) is 11.1 Å². The molecule has 3 N–H and O–H groups in total. The molecule has 1 unspecified atom stereocenters. The van der Waals surface area contributed by atoms with Gasteiger partial charge in [0.05, 0.1) is 6.54 Å². The Bertz CT molecular complexity index is 1110. The molecule has 0 saturated carbocycles. The van der Waals surface area contributed by atoms with Crippen molar-refractivity contribution in [3.05, 3.63) is 83.9 Å². The number of amides is 2. The maximum atomic E-state index is 12.5. The molecule has 0 saturated heterocycles. The molecule has 3 aromatic rings. The Morgan fingerprint density at radius 2 is 1.64 bits per heavy atom. The number of carboxylic acids is 1. The lowest BCUT2D eigenvalue weighted by Crippen LogP contribution is -2.50. The summed E-state index contributed by atoms with van der Waals surface area (Å²) >= 11 is 0. The number of carbonyl (C=O) groups excluding carboxylic acids is 2. The molecule has 2 atom stereocenters. The van der Waals surface area contributed by atoms with Gasteiger partial charge >= 0.3 is 18.0 Å². The maximum absolute atomic E-state index is 12.5. The number of esters is 1. The summed E-state index contributed by atoms with van der Waals surface area (Å²) < 4.78 is 5.07. The van der Waals surface area contributed by atoms with Crippen molar-refractivity contribution in [3.63, 3.8) is 0 Å². The third-order valence-electron chi connectivity index (χ3n) is 5.19. The van der Waals surface area contributed by atoms with E-state index in [9.17, 15) is 24.6 Å². The molecule has 8 nitrogen and oxygen atoms in total. The number of aliphatic hydroxyl groups is 1. The van der Waals surface area contributed by atoms with Gasteiger partial charge in [0, 0.05) is 13.5 Å². The highest BCUT2D eigenvalue weighted by Crippen LogP contribution is 2.20. The predicted molar refractivity (Wildman–Crippen MR) is 122 cm³/mol. The van der Waals surface area contributed by atoms with Gasteiger partial charge in [0.2, 0.25) is 0 Å². The molecular weight excluding hydrogens is 424 g/mol. The number of nitrogens with zero attached hydrogens (tertiary/aromatic N) is 1. The third kappa shape index (κ3) is 6.54. The van der Waals surface area contributed by atoms with E-state index >= 15 is 0 Å². The van der Waals surface area contributed by atoms with Crippen molar-refractivity contribution < 1.29 is 29.3 Å². The second kappa shape index (κ2) is 11.1. The van der Waals surface area contributed by atoms with Gasteiger partial charge in [-0.05, 0) is 21.9 Å². The third-order valence-corrected chi connectivity index (χ3v) is 5.19. The summed E-state index contributed by atoms with van der Waals surface area (Å²) in [6.07, 6.45) is -1.48. The highest BCUT2D eigenvalue weighted by atomic mass is 16.5. The van der Waals surface area contributed by atoms with Gasteiger partial charge in [-0.1, -0.05) is 72.8 Å². The first kappa shape index (κ1) is 23.7. The Morgan fingerprint density at radius 3 is 2.36 bits per heavy atom. The summed E-state index contributed by atoms with van der Waals surface area (Å²) in [5.74, 6) is -2.06. The van der Waals surface area contributed by atoms with Crippen molar-refractivity contribution in [2.45, 2.75) is 25.2 Å². The maximum Gasteiger partial charge on any atom is 0.337 e. The van der Waals surface area contributed by atoms with Gasteiger partial charge in [-0.15, -0.1) is 0 Å². The van der Waals surface area contributed by atoms with Crippen molar-refractivity contribution in [1.29, 1.82) is 0 Å². The minimum absolute atomic E-state index is 0.00123. The van der Waals surface area contributed by atoms with Gasteiger partial charge in [-0.3, -0.25) is 0 Å². The van der Waals surface area contributed by atoms with Crippen LogP contribution in [-0.4, -0.2) is 58.8 Å². The Kier molecular flexibility index (Phi) is 7.99. The molecule has 3 aromatic carbocycles. The monoisotopic (exact) mass is 450 g/mol. The van der Waals surface area contributed by atoms with E-state index in [4.69, 9.17) is 4.74 Å². The normalized spacial score (nSPS) is 12.5. The molecule has 0 spiro atoms. The van der Waals surface area contributed by atoms with E-state index in [1.807, 2.05) is 48.5 Å². The smallest absolute Gasteiger partial charge is 0.337 e. The number of benzene rings is 3. The Hall–Kier alpha value is -3.91. The zero-order chi connectivity index (χ0) is 23.8. The van der Waals surface area contributed by atoms with Crippen molar-refractivity contribution in [2.24, 2.45) is 0 Å². The molecule has 0 aliphatic heterocycles. The van der Waals surface area contributed by atoms with E-state index in [2.05, 4.69) is 5.32 Å². The number of nitrogens with one attached hydrogen (secondary N) is 1. The van der Waals surface area contributed by atoms with E-state index in [1.54, 1.807) is 24.3 Å². The van der Waals surface area contributed by atoms with Gasteiger partial charge in [0.15, 0.2) is 6.10 Å². The van der Waals surface area contributed by atoms with Crippen LogP contribution in [0.4, 0.5) is 4.79 Å². The van der Waals surface area contributed by atoms with Crippen LogP contribution in [0, 0.1) is 0 Å². The van der Waals surface area contributed by atoms with Crippen LogP contribution >= 0.6 is 0 Å². The molecule has 0 aliphatic rings. The number of likely N-dealkylation sites (N-methyl/N-ethyl adjacent to an activating group) is 1. The fourth-order valence-corrected chi connectivity index (χ4v) is 3.39. The van der Waals surface area contributed by atoms with Crippen molar-refractivity contribution in [3.8, 4) is 0 Å². The molecule has 0 aliphatic carbocycles. The number of fused-ring (bicyclic) bond motifs is 1. The number of ether oxygens (including phenoxy) is 1. The zero-order valence-electron chi connectivity index (χ0n) is 18.2. The summed E-state index contributed by atoms with van der Waals surface area (Å²) in [6.45, 7) is -0.348. The van der Waals surface area contributed by atoms with E-state index in [0.717, 1.165) is 26.8 Å². The predicted octanol–water partition coefficient (Wildman–Crippen LogP) is 2.58. The number of carbonyl (C=O) groups is 3. The molecule has 3 rings (SSSR count). The SMILES string of the molecule is CN(CC(O)C(=O)OCc1ccccc1)C(=O)N[C@@H](Cc1cccc2ccccc12)C(=O)O. The lowest BCUT2D eigenvalue weighted by atomic mass is 9.99. The summed E-state index contributed by atoms with van der Waals surface area (Å²) in [4.78, 5) is 37.4. The molecule has 0 radical (unpaired) electrons. The summed E-state index contributed by atoms with van der Waals surface area (Å²) in [5, 5.41) is 24.1. The van der Waals surface area contributed by atoms with Gasteiger partial charge < -0.3 is 25.2 Å². The highest BCUT2D eigenvalue weighted by Gasteiger charge is 2.26. The lowest BCUT2D eigenvalue weighted by Gasteiger charge is -2.23. The van der Waals surface area contributed by atoms with Crippen molar-refractivity contribution in [1.82, 2.24) is 10.2 Å². The first-order valence-corrected chi connectivity index (χ1v) is 10.4. The first-order chi connectivity index (χ1) is 15.8. The minimum atomic E-state index is -1.56. The van der Waals surface area contributed by atoms with Crippen LogP contribution in [0.15, 0.2) is 72.8 Å². The quantitative estimate of drug-likeness (QED) is 0.432. The minimum Gasteiger partial charge on any atom is -0.480 e. The molecule has 0 bridgehead atoms. The number of aliphatic hydroxyl groups excluding tert-OH is 1. The van der Waals surface area contributed by atoms with E-state index in [1.165, 1.54) is 7.05 Å². The molecule has 33 heavy (non-hydrogen) atoms. The van der Waals surface area contributed by atoms with Crippen LogP contribution in [0.2, 0.25) is 0 Å². The highest BCUT2D eigenvalue weighted by molar-refractivity contribution is 5.88. The standard InChI is InChI=1S/C25H26N2O6/c1-27(15-22(28)24(31)33-16-17-8-3-2-4-9-17)25(32)26-21(23(29)30)14-19-12-7-11-18-10-5-6-13-20(18)19/h2-13,21-22,28H,14-16H2,1H3,(H,26,32)(H,29,30)/t21-,22?/m0/s1. The van der Waals surface area contributed by atoms with Crippen LogP contribution in [-0.2, 0) is 27.4 Å². The van der Waals surface area contributed by atoms with Crippen molar-refractivity contribution >= 4 is 28.7 Å². The average Bonchev–Trinajstić information content (AvgIpc) is 2.82. The first-order valence-electron chi connectivity index (χ1n) is 10.4.